The molecular weight excluding hydrogens is 438 g/mol. The molecule has 0 unspecified atom stereocenters. The maximum Gasteiger partial charge on any atom is 0.297 e. The van der Waals surface area contributed by atoms with Crippen LogP contribution in [-0.4, -0.2) is 75.1 Å². The Morgan fingerprint density at radius 3 is 2.85 bits per heavy atom. The zero-order valence-corrected chi connectivity index (χ0v) is 18.7. The highest BCUT2D eigenvalue weighted by Crippen LogP contribution is 2.27. The van der Waals surface area contributed by atoms with Crippen molar-refractivity contribution in [1.82, 2.24) is 30.0 Å². The van der Waals surface area contributed by atoms with Gasteiger partial charge in [0.2, 0.25) is 5.65 Å². The standard InChI is InChI=1S/C22H25N9O3/c1-30-13-14(12-25-30)16-3-2-4-18(26-16)27-21(33)15-11-17-19(29-22(34-17)24-7-10-32)28-20(15)31-8-5-23-6-9-31/h2-4,11-13,23,32H,5-10H2,1H3,(H,24,28,29)(H,26,27,33). The summed E-state index contributed by atoms with van der Waals surface area (Å²) >= 11 is 0. The number of nitrogens with zero attached hydrogens (tertiary/aromatic N) is 6. The number of aliphatic hydroxyl groups excluding tert-OH is 1. The predicted molar refractivity (Wildman–Crippen MR) is 127 cm³/mol. The number of piperazine rings is 1. The maximum absolute atomic E-state index is 13.4. The number of aromatic nitrogens is 5. The van der Waals surface area contributed by atoms with E-state index in [2.05, 4.69) is 40.9 Å². The van der Waals surface area contributed by atoms with E-state index in [0.29, 0.717) is 53.8 Å². The van der Waals surface area contributed by atoms with Gasteiger partial charge in [-0.1, -0.05) is 6.07 Å². The van der Waals surface area contributed by atoms with E-state index in [9.17, 15) is 4.79 Å². The Morgan fingerprint density at radius 2 is 2.09 bits per heavy atom. The molecule has 1 amide bonds. The van der Waals surface area contributed by atoms with Crippen LogP contribution in [0.5, 0.6) is 0 Å². The Kier molecular flexibility index (Phi) is 6.06. The normalized spacial score (nSPS) is 13.9. The largest absolute Gasteiger partial charge is 0.422 e. The molecule has 5 rings (SSSR count). The van der Waals surface area contributed by atoms with Gasteiger partial charge in [0.05, 0.1) is 24.1 Å². The quantitative estimate of drug-likeness (QED) is 0.314. The first-order valence-corrected chi connectivity index (χ1v) is 11.0. The second-order valence-electron chi connectivity index (χ2n) is 7.85. The average molecular weight is 464 g/mol. The van der Waals surface area contributed by atoms with Gasteiger partial charge in [-0.15, -0.1) is 0 Å². The second-order valence-corrected chi connectivity index (χ2v) is 7.85. The highest BCUT2D eigenvalue weighted by Gasteiger charge is 2.23. The molecule has 0 atom stereocenters. The van der Waals surface area contributed by atoms with Crippen LogP contribution in [-0.2, 0) is 7.05 Å². The van der Waals surface area contributed by atoms with Crippen LogP contribution in [0.4, 0.5) is 17.7 Å². The van der Waals surface area contributed by atoms with Crippen molar-refractivity contribution in [3.05, 3.63) is 42.2 Å². The molecule has 1 aliphatic rings. The molecule has 176 valence electrons. The van der Waals surface area contributed by atoms with Gasteiger partial charge in [-0.3, -0.25) is 9.48 Å². The zero-order chi connectivity index (χ0) is 23.5. The van der Waals surface area contributed by atoms with Gasteiger partial charge in [0.1, 0.15) is 11.6 Å². The molecule has 1 saturated heterocycles. The van der Waals surface area contributed by atoms with Crippen LogP contribution < -0.4 is 20.9 Å². The van der Waals surface area contributed by atoms with Gasteiger partial charge < -0.3 is 30.4 Å². The summed E-state index contributed by atoms with van der Waals surface area (Å²) in [6.45, 7) is 3.23. The Balaban J connectivity index is 1.47. The molecule has 1 aliphatic heterocycles. The van der Waals surface area contributed by atoms with E-state index >= 15 is 0 Å². The number of carbonyl (C=O) groups is 1. The van der Waals surface area contributed by atoms with Gasteiger partial charge in [0, 0.05) is 57.6 Å². The maximum atomic E-state index is 13.4. The van der Waals surface area contributed by atoms with E-state index in [-0.39, 0.29) is 18.5 Å². The number of rotatable bonds is 7. The Hall–Kier alpha value is -4.03. The van der Waals surface area contributed by atoms with Crippen molar-refractivity contribution in [1.29, 1.82) is 0 Å². The highest BCUT2D eigenvalue weighted by molar-refractivity contribution is 6.08. The fourth-order valence-corrected chi connectivity index (χ4v) is 3.78. The van der Waals surface area contributed by atoms with Crippen molar-refractivity contribution < 1.29 is 14.3 Å². The van der Waals surface area contributed by atoms with Gasteiger partial charge in [0.15, 0.2) is 5.58 Å². The molecule has 0 radical (unpaired) electrons. The molecule has 1 fully saturated rings. The van der Waals surface area contributed by atoms with Crippen molar-refractivity contribution in [2.75, 3.05) is 54.9 Å². The smallest absolute Gasteiger partial charge is 0.297 e. The number of fused-ring (bicyclic) bond motifs is 1. The van der Waals surface area contributed by atoms with Crippen LogP contribution in [0.1, 0.15) is 10.4 Å². The lowest BCUT2D eigenvalue weighted by Crippen LogP contribution is -2.44. The first-order valence-electron chi connectivity index (χ1n) is 11.0. The van der Waals surface area contributed by atoms with Gasteiger partial charge in [-0.25, -0.2) is 9.97 Å². The lowest BCUT2D eigenvalue weighted by Gasteiger charge is -2.29. The molecule has 4 aromatic rings. The summed E-state index contributed by atoms with van der Waals surface area (Å²) in [5.41, 5.74) is 2.70. The molecule has 0 aromatic carbocycles. The minimum absolute atomic E-state index is 0.0586. The Morgan fingerprint density at radius 1 is 1.24 bits per heavy atom. The number of carbonyl (C=O) groups excluding carboxylic acids is 1. The van der Waals surface area contributed by atoms with E-state index in [4.69, 9.17) is 9.52 Å². The number of anilines is 3. The molecular formula is C22H25N9O3. The fraction of sp³-hybridized carbons (Fsp3) is 0.318. The number of hydrogen-bond acceptors (Lipinski definition) is 10. The summed E-state index contributed by atoms with van der Waals surface area (Å²) in [6.07, 6.45) is 3.58. The van der Waals surface area contributed by atoms with Crippen LogP contribution in [0.3, 0.4) is 0 Å². The predicted octanol–water partition coefficient (Wildman–Crippen LogP) is 1.08. The number of aliphatic hydroxyl groups is 1. The molecule has 4 aromatic heterocycles. The van der Waals surface area contributed by atoms with Crippen molar-refractivity contribution in [3.63, 3.8) is 0 Å². The molecule has 4 N–H and O–H groups in total. The molecule has 12 nitrogen and oxygen atoms in total. The topological polar surface area (TPSA) is 146 Å². The fourth-order valence-electron chi connectivity index (χ4n) is 3.78. The molecule has 5 heterocycles. The summed E-state index contributed by atoms with van der Waals surface area (Å²) in [7, 11) is 1.84. The number of hydrogen-bond donors (Lipinski definition) is 4. The third-order valence-corrected chi connectivity index (χ3v) is 5.40. The van der Waals surface area contributed by atoms with Gasteiger partial charge >= 0.3 is 0 Å². The molecule has 12 heteroatoms. The SMILES string of the molecule is Cn1cc(-c2cccc(NC(=O)c3cc4oc(NCCO)nc4nc3N3CCNCC3)n2)cn1. The van der Waals surface area contributed by atoms with E-state index < -0.39 is 0 Å². The molecule has 34 heavy (non-hydrogen) atoms. The lowest BCUT2D eigenvalue weighted by atomic mass is 10.2. The van der Waals surface area contributed by atoms with Crippen molar-refractivity contribution in [3.8, 4) is 11.3 Å². The van der Waals surface area contributed by atoms with E-state index in [0.717, 1.165) is 18.7 Å². The summed E-state index contributed by atoms with van der Waals surface area (Å²) in [6, 6.07) is 7.32. The number of pyridine rings is 2. The van der Waals surface area contributed by atoms with E-state index in [1.54, 1.807) is 23.0 Å². The summed E-state index contributed by atoms with van der Waals surface area (Å²) in [5.74, 6) is 0.609. The number of nitrogens with one attached hydrogen (secondary N) is 3. The number of oxazole rings is 1. The molecule has 0 spiro atoms. The van der Waals surface area contributed by atoms with E-state index in [1.807, 2.05) is 25.4 Å². The van der Waals surface area contributed by atoms with Crippen LogP contribution in [0.2, 0.25) is 0 Å². The van der Waals surface area contributed by atoms with E-state index in [1.165, 1.54) is 0 Å². The number of aryl methyl sites for hydroxylation is 1. The molecule has 0 bridgehead atoms. The van der Waals surface area contributed by atoms with Crippen LogP contribution in [0.15, 0.2) is 41.1 Å². The zero-order valence-electron chi connectivity index (χ0n) is 18.7. The Labute approximate surface area is 195 Å². The third-order valence-electron chi connectivity index (χ3n) is 5.40. The Bertz CT molecular complexity index is 1310. The third kappa shape index (κ3) is 4.54. The van der Waals surface area contributed by atoms with Crippen LogP contribution >= 0.6 is 0 Å². The minimum Gasteiger partial charge on any atom is -0.422 e. The van der Waals surface area contributed by atoms with Gasteiger partial charge in [-0.2, -0.15) is 10.1 Å². The summed E-state index contributed by atoms with van der Waals surface area (Å²) < 4.78 is 7.40. The summed E-state index contributed by atoms with van der Waals surface area (Å²) in [5, 5.41) is 22.3. The van der Waals surface area contributed by atoms with Crippen molar-refractivity contribution in [2.45, 2.75) is 0 Å². The number of amides is 1. The molecule has 0 aliphatic carbocycles. The first-order chi connectivity index (χ1) is 16.6. The van der Waals surface area contributed by atoms with Gasteiger partial charge in [-0.05, 0) is 12.1 Å². The van der Waals surface area contributed by atoms with Crippen LogP contribution in [0, 0.1) is 0 Å². The monoisotopic (exact) mass is 463 g/mol. The summed E-state index contributed by atoms with van der Waals surface area (Å²) in [4.78, 5) is 29.0. The van der Waals surface area contributed by atoms with Crippen molar-refractivity contribution >= 4 is 34.8 Å². The van der Waals surface area contributed by atoms with Crippen LogP contribution in [0.25, 0.3) is 22.5 Å². The average Bonchev–Trinajstić information content (AvgIpc) is 3.48. The molecule has 0 saturated carbocycles. The second kappa shape index (κ2) is 9.45. The lowest BCUT2D eigenvalue weighted by molar-refractivity contribution is 0.102. The first kappa shape index (κ1) is 21.8. The van der Waals surface area contributed by atoms with Gasteiger partial charge in [0.25, 0.3) is 11.9 Å². The van der Waals surface area contributed by atoms with Crippen molar-refractivity contribution in [2.24, 2.45) is 7.05 Å². The highest BCUT2D eigenvalue weighted by atomic mass is 16.4. The minimum atomic E-state index is -0.347.